The quantitative estimate of drug-likeness (QED) is 0.200. The number of ether oxygens (including phenoxy) is 3. The van der Waals surface area contributed by atoms with Crippen LogP contribution in [0.3, 0.4) is 0 Å². The minimum Gasteiger partial charge on any atom is -0.494 e. The number of hydrogen-bond acceptors (Lipinski definition) is 5. The Kier molecular flexibility index (Phi) is 9.39. The normalized spacial score (nSPS) is 11.0. The molecule has 0 bridgehead atoms. The number of rotatable bonds is 13. The van der Waals surface area contributed by atoms with Gasteiger partial charge in [-0.15, -0.1) is 0 Å². The van der Waals surface area contributed by atoms with Gasteiger partial charge in [0.2, 0.25) is 0 Å². The Balaban J connectivity index is 1.48. The molecule has 0 radical (unpaired) electrons. The molecule has 188 valence electrons. The van der Waals surface area contributed by atoms with E-state index >= 15 is 0 Å². The first-order valence-corrected chi connectivity index (χ1v) is 12.7. The van der Waals surface area contributed by atoms with Crippen molar-refractivity contribution >= 4 is 11.6 Å². The maximum Gasteiger partial charge on any atom is 0.140 e. The van der Waals surface area contributed by atoms with E-state index in [0.717, 1.165) is 59.5 Å². The van der Waals surface area contributed by atoms with Crippen LogP contribution < -0.4 is 14.8 Å². The van der Waals surface area contributed by atoms with Crippen molar-refractivity contribution in [2.24, 2.45) is 0 Å². The molecule has 3 aromatic carbocycles. The predicted molar refractivity (Wildman–Crippen MR) is 145 cm³/mol. The molecule has 0 amide bonds. The van der Waals surface area contributed by atoms with Crippen molar-refractivity contribution < 1.29 is 14.2 Å². The summed E-state index contributed by atoms with van der Waals surface area (Å²) in [6, 6.07) is 23.3. The van der Waals surface area contributed by atoms with Gasteiger partial charge in [-0.3, -0.25) is 0 Å². The average molecular weight is 506 g/mol. The lowest BCUT2D eigenvalue weighted by molar-refractivity contribution is 0.127. The minimum atomic E-state index is 0.423. The summed E-state index contributed by atoms with van der Waals surface area (Å²) in [7, 11) is 0. The summed E-state index contributed by atoms with van der Waals surface area (Å²) >= 11 is 5.96. The summed E-state index contributed by atoms with van der Waals surface area (Å²) in [5.41, 5.74) is 2.88. The molecule has 36 heavy (non-hydrogen) atoms. The zero-order valence-electron chi connectivity index (χ0n) is 20.7. The van der Waals surface area contributed by atoms with Gasteiger partial charge in [0.05, 0.1) is 12.3 Å². The third kappa shape index (κ3) is 7.10. The van der Waals surface area contributed by atoms with Gasteiger partial charge >= 0.3 is 0 Å². The first-order valence-electron chi connectivity index (χ1n) is 12.3. The van der Waals surface area contributed by atoms with Crippen LogP contribution >= 0.6 is 11.6 Å². The summed E-state index contributed by atoms with van der Waals surface area (Å²) in [5.74, 6) is 3.18. The molecule has 4 aromatic rings. The fourth-order valence-corrected chi connectivity index (χ4v) is 3.80. The van der Waals surface area contributed by atoms with Crippen LogP contribution in [0.1, 0.15) is 26.1 Å². The van der Waals surface area contributed by atoms with Crippen molar-refractivity contribution in [3.63, 3.8) is 0 Å². The van der Waals surface area contributed by atoms with Crippen LogP contribution in [-0.2, 0) is 11.3 Å². The average Bonchev–Trinajstić information content (AvgIpc) is 3.33. The van der Waals surface area contributed by atoms with Gasteiger partial charge in [0.1, 0.15) is 29.7 Å². The monoisotopic (exact) mass is 505 g/mol. The van der Waals surface area contributed by atoms with Gasteiger partial charge in [0.25, 0.3) is 0 Å². The first-order chi connectivity index (χ1) is 17.7. The second-order valence-electron chi connectivity index (χ2n) is 8.18. The highest BCUT2D eigenvalue weighted by molar-refractivity contribution is 6.30. The molecular formula is C29H32ClN3O3. The molecule has 1 N–H and O–H groups in total. The maximum atomic E-state index is 5.96. The van der Waals surface area contributed by atoms with E-state index in [4.69, 9.17) is 30.8 Å². The Morgan fingerprint density at radius 2 is 1.53 bits per heavy atom. The van der Waals surface area contributed by atoms with Crippen LogP contribution in [0.5, 0.6) is 17.2 Å². The molecule has 0 aliphatic rings. The number of hydrogen-bond donors (Lipinski definition) is 1. The van der Waals surface area contributed by atoms with Crippen molar-refractivity contribution in [2.45, 2.75) is 26.9 Å². The Bertz CT molecular complexity index is 1210. The fourth-order valence-electron chi connectivity index (χ4n) is 3.68. The second-order valence-corrected chi connectivity index (χ2v) is 8.62. The minimum absolute atomic E-state index is 0.423. The van der Waals surface area contributed by atoms with Crippen molar-refractivity contribution in [1.82, 2.24) is 14.9 Å². The number of aromatic nitrogens is 2. The molecule has 0 aliphatic heterocycles. The van der Waals surface area contributed by atoms with E-state index in [2.05, 4.69) is 16.8 Å². The molecule has 1 heterocycles. The molecule has 0 atom stereocenters. The highest BCUT2D eigenvalue weighted by atomic mass is 35.5. The molecular weight excluding hydrogens is 474 g/mol. The van der Waals surface area contributed by atoms with Gasteiger partial charge in [-0.05, 0) is 99.2 Å². The van der Waals surface area contributed by atoms with E-state index in [9.17, 15) is 0 Å². The van der Waals surface area contributed by atoms with Crippen molar-refractivity contribution in [3.05, 3.63) is 89.8 Å². The molecule has 1 aromatic heterocycles. The van der Waals surface area contributed by atoms with Crippen LogP contribution in [-0.4, -0.2) is 35.9 Å². The second kappa shape index (κ2) is 13.1. The Hall–Kier alpha value is -3.32. The Morgan fingerprint density at radius 3 is 2.19 bits per heavy atom. The largest absolute Gasteiger partial charge is 0.494 e. The molecule has 0 unspecified atom stereocenters. The van der Waals surface area contributed by atoms with Gasteiger partial charge in [-0.2, -0.15) is 0 Å². The van der Waals surface area contributed by atoms with E-state index in [1.54, 1.807) is 0 Å². The standard InChI is InChI=1S/C29H32ClN3O3/c1-3-31-18-5-19-35-25-12-6-22(7-13-25)28-20-33(29(32-28)21-34-4-2)24-10-16-27(17-11-24)36-26-14-8-23(30)9-15-26/h6-17,20,31H,3-5,18-19,21H2,1-2H3. The summed E-state index contributed by atoms with van der Waals surface area (Å²) < 4.78 is 19.5. The van der Waals surface area contributed by atoms with E-state index in [1.807, 2.05) is 85.9 Å². The molecule has 0 fully saturated rings. The number of nitrogens with zero attached hydrogens (tertiary/aromatic N) is 2. The van der Waals surface area contributed by atoms with E-state index in [-0.39, 0.29) is 0 Å². The van der Waals surface area contributed by atoms with Gasteiger partial charge in [0, 0.05) is 29.1 Å². The zero-order chi connectivity index (χ0) is 25.2. The van der Waals surface area contributed by atoms with Gasteiger partial charge in [-0.1, -0.05) is 18.5 Å². The first kappa shape index (κ1) is 25.8. The molecule has 7 heteroatoms. The molecule has 0 saturated heterocycles. The highest BCUT2D eigenvalue weighted by Crippen LogP contribution is 2.27. The van der Waals surface area contributed by atoms with Crippen LogP contribution in [0.4, 0.5) is 0 Å². The van der Waals surface area contributed by atoms with Crippen LogP contribution in [0.15, 0.2) is 79.0 Å². The molecule has 0 saturated carbocycles. The summed E-state index contributed by atoms with van der Waals surface area (Å²) in [6.45, 7) is 7.76. The van der Waals surface area contributed by atoms with Crippen LogP contribution in [0.25, 0.3) is 16.9 Å². The summed E-state index contributed by atoms with van der Waals surface area (Å²) in [4.78, 5) is 4.86. The van der Waals surface area contributed by atoms with Gasteiger partial charge < -0.3 is 24.1 Å². The lowest BCUT2D eigenvalue weighted by Crippen LogP contribution is -2.16. The fraction of sp³-hybridized carbons (Fsp3) is 0.276. The van der Waals surface area contributed by atoms with Crippen molar-refractivity contribution in [2.75, 3.05) is 26.3 Å². The van der Waals surface area contributed by atoms with E-state index in [1.165, 1.54) is 0 Å². The van der Waals surface area contributed by atoms with Crippen LogP contribution in [0.2, 0.25) is 5.02 Å². The van der Waals surface area contributed by atoms with Crippen molar-refractivity contribution in [1.29, 1.82) is 0 Å². The van der Waals surface area contributed by atoms with E-state index < -0.39 is 0 Å². The Morgan fingerprint density at radius 1 is 0.861 bits per heavy atom. The lowest BCUT2D eigenvalue weighted by Gasteiger charge is -2.10. The van der Waals surface area contributed by atoms with Crippen LogP contribution in [0, 0.1) is 0 Å². The number of imidazole rings is 1. The maximum absolute atomic E-state index is 5.96. The number of nitrogens with one attached hydrogen (secondary N) is 1. The van der Waals surface area contributed by atoms with Gasteiger partial charge in [0.15, 0.2) is 0 Å². The summed E-state index contributed by atoms with van der Waals surface area (Å²) in [5, 5.41) is 3.98. The highest BCUT2D eigenvalue weighted by Gasteiger charge is 2.12. The Labute approximate surface area is 217 Å². The van der Waals surface area contributed by atoms with E-state index in [0.29, 0.717) is 24.8 Å². The third-order valence-electron chi connectivity index (χ3n) is 5.55. The topological polar surface area (TPSA) is 57.5 Å². The summed E-state index contributed by atoms with van der Waals surface area (Å²) in [6.07, 6.45) is 3.01. The smallest absolute Gasteiger partial charge is 0.140 e. The molecule has 6 nitrogen and oxygen atoms in total. The molecule has 0 aliphatic carbocycles. The zero-order valence-corrected chi connectivity index (χ0v) is 21.5. The van der Waals surface area contributed by atoms with Crippen molar-refractivity contribution in [3.8, 4) is 34.2 Å². The molecule has 0 spiro atoms. The number of benzene rings is 3. The predicted octanol–water partition coefficient (Wildman–Crippen LogP) is 6.90. The SMILES string of the molecule is CCNCCCOc1ccc(-c2cn(-c3ccc(Oc4ccc(Cl)cc4)cc3)c(COCC)n2)cc1. The number of halogens is 1. The molecule has 4 rings (SSSR count). The van der Waals surface area contributed by atoms with Gasteiger partial charge in [-0.25, -0.2) is 4.98 Å². The lowest BCUT2D eigenvalue weighted by atomic mass is 10.1. The third-order valence-corrected chi connectivity index (χ3v) is 5.80.